The van der Waals surface area contributed by atoms with Crippen LogP contribution in [0.5, 0.6) is 0 Å². The van der Waals surface area contributed by atoms with Gasteiger partial charge in [0.25, 0.3) is 0 Å². The van der Waals surface area contributed by atoms with Crippen LogP contribution in [0.4, 0.5) is 13.2 Å². The van der Waals surface area contributed by atoms with Crippen molar-refractivity contribution < 1.29 is 17.7 Å². The second-order valence-corrected chi connectivity index (χ2v) is 4.59. The number of aromatic nitrogens is 2. The van der Waals surface area contributed by atoms with E-state index in [2.05, 4.69) is 14.7 Å². The summed E-state index contributed by atoms with van der Waals surface area (Å²) < 4.78 is 41.2. The topological polar surface area (TPSA) is 64.9 Å². The maximum absolute atomic E-state index is 12.3. The number of hydrogen-bond acceptors (Lipinski definition) is 4. The Bertz CT molecular complexity index is 404. The Morgan fingerprint density at radius 1 is 1.53 bits per heavy atom. The fourth-order valence-electron chi connectivity index (χ4n) is 2.27. The molecule has 1 saturated carbocycles. The number of hydrogen-bond donors (Lipinski definition) is 1. The van der Waals surface area contributed by atoms with Crippen LogP contribution in [-0.4, -0.2) is 10.1 Å². The molecule has 2 N–H and O–H groups in total. The van der Waals surface area contributed by atoms with Gasteiger partial charge in [0.1, 0.15) is 0 Å². The van der Waals surface area contributed by atoms with E-state index < -0.39 is 17.6 Å². The van der Waals surface area contributed by atoms with Crippen molar-refractivity contribution in [3.05, 3.63) is 11.7 Å². The van der Waals surface area contributed by atoms with Crippen molar-refractivity contribution in [2.45, 2.75) is 44.3 Å². The summed E-state index contributed by atoms with van der Waals surface area (Å²) in [5, 5.41) is 3.37. The molecule has 96 valence electrons. The number of alkyl halides is 3. The largest absolute Gasteiger partial charge is 0.471 e. The van der Waals surface area contributed by atoms with E-state index in [0.29, 0.717) is 18.8 Å². The number of rotatable bonds is 2. The van der Waals surface area contributed by atoms with Crippen molar-refractivity contribution in [3.63, 3.8) is 0 Å². The highest BCUT2D eigenvalue weighted by Gasteiger charge is 2.44. The lowest BCUT2D eigenvalue weighted by molar-refractivity contribution is -0.159. The lowest BCUT2D eigenvalue weighted by Crippen LogP contribution is -2.35. The molecule has 0 aromatic carbocycles. The first-order chi connectivity index (χ1) is 7.85. The van der Waals surface area contributed by atoms with Gasteiger partial charge in [0.15, 0.2) is 5.82 Å². The third-order valence-electron chi connectivity index (χ3n) is 3.34. The molecule has 2 unspecified atom stereocenters. The predicted octanol–water partition coefficient (Wildman–Crippen LogP) is 2.45. The minimum Gasteiger partial charge on any atom is -0.329 e. The summed E-state index contributed by atoms with van der Waals surface area (Å²) in [4.78, 5) is 3.38. The minimum atomic E-state index is -4.61. The highest BCUT2D eigenvalue weighted by atomic mass is 19.4. The van der Waals surface area contributed by atoms with Gasteiger partial charge in [-0.05, 0) is 25.2 Å². The summed E-state index contributed by atoms with van der Waals surface area (Å²) in [6, 6.07) is 0. The van der Waals surface area contributed by atoms with Gasteiger partial charge in [-0.15, -0.1) is 0 Å². The Kier molecular flexibility index (Phi) is 2.89. The third kappa shape index (κ3) is 2.29. The maximum Gasteiger partial charge on any atom is 0.471 e. The van der Waals surface area contributed by atoms with Crippen LogP contribution >= 0.6 is 0 Å². The van der Waals surface area contributed by atoms with Crippen LogP contribution in [0.1, 0.15) is 44.3 Å². The molecule has 0 spiro atoms. The van der Waals surface area contributed by atoms with Gasteiger partial charge in [0.05, 0.1) is 5.54 Å². The smallest absolute Gasteiger partial charge is 0.329 e. The molecule has 4 nitrogen and oxygen atoms in total. The Hall–Kier alpha value is -1.11. The van der Waals surface area contributed by atoms with Crippen molar-refractivity contribution in [1.82, 2.24) is 10.1 Å². The fourth-order valence-corrected chi connectivity index (χ4v) is 2.27. The van der Waals surface area contributed by atoms with Gasteiger partial charge in [-0.25, -0.2) is 0 Å². The van der Waals surface area contributed by atoms with Crippen LogP contribution in [-0.2, 0) is 11.7 Å². The summed E-state index contributed by atoms with van der Waals surface area (Å²) >= 11 is 0. The molecule has 1 fully saturated rings. The molecule has 0 amide bonds. The summed E-state index contributed by atoms with van der Waals surface area (Å²) in [6.45, 7) is 2.04. The molecular formula is C10H14F3N3O. The predicted molar refractivity (Wildman–Crippen MR) is 52.8 cm³/mol. The van der Waals surface area contributed by atoms with E-state index in [-0.39, 0.29) is 5.82 Å². The molecular weight excluding hydrogens is 235 g/mol. The lowest BCUT2D eigenvalue weighted by atomic mass is 9.95. The number of nitrogens with zero attached hydrogens (tertiary/aromatic N) is 2. The van der Waals surface area contributed by atoms with Crippen molar-refractivity contribution >= 4 is 0 Å². The van der Waals surface area contributed by atoms with E-state index in [1.807, 2.05) is 6.92 Å². The fraction of sp³-hybridized carbons (Fsp3) is 0.800. The van der Waals surface area contributed by atoms with Crippen LogP contribution in [0.15, 0.2) is 4.52 Å². The lowest BCUT2D eigenvalue weighted by Gasteiger charge is -2.19. The van der Waals surface area contributed by atoms with Crippen LogP contribution in [0.3, 0.4) is 0 Å². The molecule has 0 radical (unpaired) electrons. The van der Waals surface area contributed by atoms with Crippen molar-refractivity contribution in [2.24, 2.45) is 11.7 Å². The van der Waals surface area contributed by atoms with Crippen LogP contribution in [0.25, 0.3) is 0 Å². The molecule has 2 atom stereocenters. The van der Waals surface area contributed by atoms with Crippen LogP contribution in [0, 0.1) is 5.92 Å². The standard InChI is InChI=1S/C10H14F3N3O/c1-2-6-3-4-9(14,5-6)7-15-8(17-16-7)10(11,12)13/h6H,2-5,14H2,1H3. The van der Waals surface area contributed by atoms with Crippen LogP contribution < -0.4 is 5.73 Å². The second-order valence-electron chi connectivity index (χ2n) is 4.59. The second kappa shape index (κ2) is 3.97. The summed E-state index contributed by atoms with van der Waals surface area (Å²) in [7, 11) is 0. The van der Waals surface area contributed by atoms with Gasteiger partial charge in [0.2, 0.25) is 0 Å². The van der Waals surface area contributed by atoms with E-state index in [0.717, 1.165) is 12.8 Å². The van der Waals surface area contributed by atoms with E-state index in [4.69, 9.17) is 5.73 Å². The van der Waals surface area contributed by atoms with E-state index in [1.54, 1.807) is 0 Å². The van der Waals surface area contributed by atoms with E-state index in [9.17, 15) is 13.2 Å². The maximum atomic E-state index is 12.3. The Morgan fingerprint density at radius 2 is 2.24 bits per heavy atom. The van der Waals surface area contributed by atoms with Gasteiger partial charge in [-0.2, -0.15) is 18.2 Å². The van der Waals surface area contributed by atoms with Gasteiger partial charge in [-0.1, -0.05) is 18.5 Å². The normalized spacial score (nSPS) is 29.8. The number of nitrogens with two attached hydrogens (primary N) is 1. The molecule has 0 saturated heterocycles. The van der Waals surface area contributed by atoms with Crippen molar-refractivity contribution in [1.29, 1.82) is 0 Å². The summed E-state index contributed by atoms with van der Waals surface area (Å²) in [5.41, 5.74) is 5.18. The minimum absolute atomic E-state index is 0.0271. The highest BCUT2D eigenvalue weighted by molar-refractivity contribution is 5.08. The van der Waals surface area contributed by atoms with Crippen molar-refractivity contribution in [3.8, 4) is 0 Å². The molecule has 17 heavy (non-hydrogen) atoms. The summed E-state index contributed by atoms with van der Waals surface area (Å²) in [6.07, 6.45) is -1.54. The zero-order chi connectivity index (χ0) is 12.7. The molecule has 0 bridgehead atoms. The van der Waals surface area contributed by atoms with Gasteiger partial charge in [-0.3, -0.25) is 0 Å². The first kappa shape index (κ1) is 12.3. The molecule has 1 aromatic heterocycles. The zero-order valence-corrected chi connectivity index (χ0v) is 9.42. The Morgan fingerprint density at radius 3 is 2.71 bits per heavy atom. The molecule has 0 aliphatic heterocycles. The highest BCUT2D eigenvalue weighted by Crippen LogP contribution is 2.41. The molecule has 1 aromatic rings. The van der Waals surface area contributed by atoms with E-state index >= 15 is 0 Å². The molecule has 1 aliphatic carbocycles. The monoisotopic (exact) mass is 249 g/mol. The third-order valence-corrected chi connectivity index (χ3v) is 3.34. The average molecular weight is 249 g/mol. The number of halogens is 3. The zero-order valence-electron chi connectivity index (χ0n) is 9.42. The van der Waals surface area contributed by atoms with Crippen molar-refractivity contribution in [2.75, 3.05) is 0 Å². The average Bonchev–Trinajstić information content (AvgIpc) is 2.83. The van der Waals surface area contributed by atoms with Gasteiger partial charge in [0, 0.05) is 0 Å². The van der Waals surface area contributed by atoms with Gasteiger partial charge >= 0.3 is 12.1 Å². The molecule has 7 heteroatoms. The van der Waals surface area contributed by atoms with Gasteiger partial charge < -0.3 is 10.3 Å². The first-order valence-corrected chi connectivity index (χ1v) is 5.55. The first-order valence-electron chi connectivity index (χ1n) is 5.55. The van der Waals surface area contributed by atoms with E-state index in [1.165, 1.54) is 0 Å². The van der Waals surface area contributed by atoms with Crippen LogP contribution in [0.2, 0.25) is 0 Å². The Labute approximate surface area is 96.4 Å². The molecule has 2 rings (SSSR count). The SMILES string of the molecule is CCC1CCC(N)(c2noc(C(F)(F)F)n2)C1. The quantitative estimate of drug-likeness (QED) is 0.874. The molecule has 1 heterocycles. The molecule has 1 aliphatic rings. The Balaban J connectivity index is 2.21. The summed E-state index contributed by atoms with van der Waals surface area (Å²) in [5.74, 6) is -0.925.